The third-order valence-corrected chi connectivity index (χ3v) is 2.21. The maximum Gasteiger partial charge on any atom is 0.305 e. The Balaban J connectivity index is 3.19. The van der Waals surface area contributed by atoms with Crippen LogP contribution in [-0.4, -0.2) is 19.2 Å². The summed E-state index contributed by atoms with van der Waals surface area (Å²) >= 11 is 0. The van der Waals surface area contributed by atoms with Crippen LogP contribution in [-0.2, 0) is 14.6 Å². The van der Waals surface area contributed by atoms with Crippen molar-refractivity contribution in [3.8, 4) is 0 Å². The molecule has 0 fully saturated rings. The number of unbranched alkanes of at least 4 members (excludes halogenated alkanes) is 2. The lowest BCUT2D eigenvalue weighted by atomic mass is 10.1. The van der Waals surface area contributed by atoms with Crippen LogP contribution in [0.1, 0.15) is 52.4 Å². The first kappa shape index (κ1) is 14.4. The van der Waals surface area contributed by atoms with Crippen molar-refractivity contribution in [2.24, 2.45) is 5.92 Å². The Bertz CT molecular complexity index is 155. The Morgan fingerprint density at radius 1 is 1.13 bits per heavy atom. The zero-order valence-electron chi connectivity index (χ0n) is 9.96. The zero-order valence-corrected chi connectivity index (χ0v) is 9.96. The van der Waals surface area contributed by atoms with Gasteiger partial charge < -0.3 is 4.74 Å². The van der Waals surface area contributed by atoms with Crippen molar-refractivity contribution in [2.45, 2.75) is 52.4 Å². The molecule has 0 unspecified atom stereocenters. The summed E-state index contributed by atoms with van der Waals surface area (Å²) in [7, 11) is 0. The quantitative estimate of drug-likeness (QED) is 0.438. The lowest BCUT2D eigenvalue weighted by molar-refractivity contribution is -0.143. The molecule has 0 N–H and O–H groups in total. The van der Waals surface area contributed by atoms with Crippen LogP contribution in [0.3, 0.4) is 0 Å². The zero-order chi connectivity index (χ0) is 11.5. The van der Waals surface area contributed by atoms with Crippen LogP contribution in [0.4, 0.5) is 0 Å². The fourth-order valence-corrected chi connectivity index (χ4v) is 1.29. The Hall–Kier alpha value is -0.570. The minimum atomic E-state index is -0.0993. The topological polar surface area (TPSA) is 46.2 Å². The summed E-state index contributed by atoms with van der Waals surface area (Å²) in [6.07, 6.45) is 4.88. The molecule has 89 valence electrons. The number of hydrogen-bond acceptors (Lipinski definition) is 2. The van der Waals surface area contributed by atoms with E-state index in [9.17, 15) is 9.90 Å². The van der Waals surface area contributed by atoms with E-state index in [2.05, 4.69) is 13.8 Å². The minimum absolute atomic E-state index is 0.0255. The van der Waals surface area contributed by atoms with Crippen molar-refractivity contribution >= 4 is 5.97 Å². The molecule has 0 heterocycles. The van der Waals surface area contributed by atoms with Gasteiger partial charge in [0.15, 0.2) is 0 Å². The summed E-state index contributed by atoms with van der Waals surface area (Å²) in [6.45, 7) is 4.74. The molecule has 0 aromatic heterocycles. The molecule has 0 saturated carbocycles. The van der Waals surface area contributed by atoms with E-state index in [0.717, 1.165) is 25.7 Å². The molecule has 0 aliphatic heterocycles. The van der Waals surface area contributed by atoms with Crippen LogP contribution in [0.2, 0.25) is 0 Å². The van der Waals surface area contributed by atoms with E-state index in [1.54, 1.807) is 0 Å². The van der Waals surface area contributed by atoms with Crippen molar-refractivity contribution in [1.82, 2.24) is 0 Å². The number of rotatable bonds is 9. The van der Waals surface area contributed by atoms with E-state index in [1.165, 1.54) is 0 Å². The molecule has 0 spiro atoms. The second-order valence-electron chi connectivity index (χ2n) is 4.27. The van der Waals surface area contributed by atoms with Crippen molar-refractivity contribution in [1.29, 1.82) is 0 Å². The lowest BCUT2D eigenvalue weighted by Crippen LogP contribution is -2.06. The highest BCUT2D eigenvalue weighted by Crippen LogP contribution is 2.07. The van der Waals surface area contributed by atoms with Gasteiger partial charge in [0.05, 0.1) is 13.2 Å². The molecule has 0 aliphatic rings. The van der Waals surface area contributed by atoms with Gasteiger partial charge in [-0.2, -0.15) is 0 Å². The molecular formula is C12H23O3. The molecule has 0 aromatic rings. The predicted octanol–water partition coefficient (Wildman–Crippen LogP) is 2.96. The minimum Gasteiger partial charge on any atom is -0.466 e. The van der Waals surface area contributed by atoms with Gasteiger partial charge in [0.1, 0.15) is 0 Å². The summed E-state index contributed by atoms with van der Waals surface area (Å²) in [4.78, 5) is 11.2. The van der Waals surface area contributed by atoms with Crippen molar-refractivity contribution in [2.75, 3.05) is 13.2 Å². The fourth-order valence-electron chi connectivity index (χ4n) is 1.29. The Morgan fingerprint density at radius 3 is 2.47 bits per heavy atom. The average molecular weight is 215 g/mol. The lowest BCUT2D eigenvalue weighted by Gasteiger charge is -2.05. The first-order valence-corrected chi connectivity index (χ1v) is 5.90. The monoisotopic (exact) mass is 215 g/mol. The number of hydrogen-bond donors (Lipinski definition) is 0. The van der Waals surface area contributed by atoms with Gasteiger partial charge in [0.2, 0.25) is 0 Å². The van der Waals surface area contributed by atoms with Crippen LogP contribution in [0, 0.1) is 5.92 Å². The van der Waals surface area contributed by atoms with Crippen LogP contribution in [0.25, 0.3) is 0 Å². The van der Waals surface area contributed by atoms with E-state index in [4.69, 9.17) is 4.74 Å². The maximum absolute atomic E-state index is 11.2. The van der Waals surface area contributed by atoms with Gasteiger partial charge in [0.25, 0.3) is 0 Å². The van der Waals surface area contributed by atoms with Crippen molar-refractivity contribution < 1.29 is 14.6 Å². The van der Waals surface area contributed by atoms with Gasteiger partial charge in [-0.05, 0) is 31.6 Å². The highest BCUT2D eigenvalue weighted by atomic mass is 16.5. The molecule has 3 heteroatoms. The molecule has 15 heavy (non-hydrogen) atoms. The molecule has 0 amide bonds. The van der Waals surface area contributed by atoms with Crippen LogP contribution >= 0.6 is 0 Å². The van der Waals surface area contributed by atoms with Gasteiger partial charge in [-0.25, -0.2) is 5.11 Å². The Morgan fingerprint density at radius 2 is 1.87 bits per heavy atom. The number of ether oxygens (including phenoxy) is 1. The SMILES string of the molecule is CC(C)CCCC(=O)OCCCCC[O]. The first-order valence-electron chi connectivity index (χ1n) is 5.90. The highest BCUT2D eigenvalue weighted by Gasteiger charge is 2.03. The van der Waals surface area contributed by atoms with Crippen LogP contribution in [0.5, 0.6) is 0 Å². The fraction of sp³-hybridized carbons (Fsp3) is 0.917. The summed E-state index contributed by atoms with van der Waals surface area (Å²) in [5, 5.41) is 10.1. The predicted molar refractivity (Wildman–Crippen MR) is 59.1 cm³/mol. The number of carbonyl (C=O) groups is 1. The molecule has 3 nitrogen and oxygen atoms in total. The summed E-state index contributed by atoms with van der Waals surface area (Å²) in [6, 6.07) is 0. The van der Waals surface area contributed by atoms with E-state index < -0.39 is 0 Å². The standard InChI is InChI=1S/C12H23O3/c1-11(2)7-6-8-12(14)15-10-5-3-4-9-13/h11H,3-10H2,1-2H3. The largest absolute Gasteiger partial charge is 0.466 e. The van der Waals surface area contributed by atoms with E-state index >= 15 is 0 Å². The van der Waals surface area contributed by atoms with E-state index in [1.807, 2.05) is 0 Å². The van der Waals surface area contributed by atoms with E-state index in [0.29, 0.717) is 25.4 Å². The molecule has 0 aromatic carbocycles. The third kappa shape index (κ3) is 11.4. The number of carbonyl (C=O) groups excluding carboxylic acids is 1. The van der Waals surface area contributed by atoms with Gasteiger partial charge in [-0.15, -0.1) is 0 Å². The normalized spacial score (nSPS) is 10.7. The average Bonchev–Trinajstić information content (AvgIpc) is 2.17. The van der Waals surface area contributed by atoms with Crippen LogP contribution < -0.4 is 0 Å². The Labute approximate surface area is 92.8 Å². The summed E-state index contributed by atoms with van der Waals surface area (Å²) in [5.74, 6) is 0.549. The molecular weight excluding hydrogens is 192 g/mol. The van der Waals surface area contributed by atoms with E-state index in [-0.39, 0.29) is 12.6 Å². The second-order valence-corrected chi connectivity index (χ2v) is 4.27. The summed E-state index contributed by atoms with van der Waals surface area (Å²) in [5.41, 5.74) is 0. The Kier molecular flexibility index (Phi) is 9.59. The smallest absolute Gasteiger partial charge is 0.305 e. The molecule has 0 aliphatic carbocycles. The molecule has 0 rings (SSSR count). The third-order valence-electron chi connectivity index (χ3n) is 2.21. The molecule has 0 saturated heterocycles. The first-order chi connectivity index (χ1) is 7.16. The van der Waals surface area contributed by atoms with Gasteiger partial charge >= 0.3 is 5.97 Å². The second kappa shape index (κ2) is 9.97. The molecule has 0 atom stereocenters. The van der Waals surface area contributed by atoms with Crippen molar-refractivity contribution in [3.05, 3.63) is 0 Å². The molecule has 1 radical (unpaired) electrons. The van der Waals surface area contributed by atoms with Crippen LogP contribution in [0.15, 0.2) is 0 Å². The highest BCUT2D eigenvalue weighted by molar-refractivity contribution is 5.69. The number of esters is 1. The van der Waals surface area contributed by atoms with Gasteiger partial charge in [-0.1, -0.05) is 20.3 Å². The van der Waals surface area contributed by atoms with Crippen molar-refractivity contribution in [3.63, 3.8) is 0 Å². The maximum atomic E-state index is 11.2. The summed E-state index contributed by atoms with van der Waals surface area (Å²) < 4.78 is 5.03. The molecule has 0 bridgehead atoms. The van der Waals surface area contributed by atoms with Gasteiger partial charge in [-0.3, -0.25) is 4.79 Å². The van der Waals surface area contributed by atoms with Gasteiger partial charge in [0, 0.05) is 6.42 Å².